The maximum atomic E-state index is 12.5. The van der Waals surface area contributed by atoms with Gasteiger partial charge in [-0.2, -0.15) is 0 Å². The number of benzene rings is 1. The maximum absolute atomic E-state index is 12.5. The van der Waals surface area contributed by atoms with Crippen molar-refractivity contribution in [3.63, 3.8) is 0 Å². The summed E-state index contributed by atoms with van der Waals surface area (Å²) < 4.78 is 6.80. The van der Waals surface area contributed by atoms with E-state index in [1.165, 1.54) is 11.3 Å². The summed E-state index contributed by atoms with van der Waals surface area (Å²) in [5.74, 6) is 2.12. The molecule has 0 fully saturated rings. The van der Waals surface area contributed by atoms with Gasteiger partial charge >= 0.3 is 0 Å². The number of hydrogen-bond acceptors (Lipinski definition) is 6. The summed E-state index contributed by atoms with van der Waals surface area (Å²) >= 11 is 3.06. The fourth-order valence-corrected chi connectivity index (χ4v) is 3.78. The zero-order valence-electron chi connectivity index (χ0n) is 15.3. The van der Waals surface area contributed by atoms with Crippen molar-refractivity contribution in [1.82, 2.24) is 10.2 Å². The molecule has 0 bridgehead atoms. The first-order chi connectivity index (χ1) is 11.9. The van der Waals surface area contributed by atoms with E-state index in [0.29, 0.717) is 17.5 Å². The van der Waals surface area contributed by atoms with Crippen molar-refractivity contribution in [1.29, 1.82) is 0 Å². The second-order valence-corrected chi connectivity index (χ2v) is 8.60. The molecule has 0 saturated heterocycles. The smallest absolute Gasteiger partial charge is 0.267 e. The van der Waals surface area contributed by atoms with E-state index in [1.54, 1.807) is 11.8 Å². The predicted molar refractivity (Wildman–Crippen MR) is 105 cm³/mol. The lowest BCUT2D eigenvalue weighted by atomic mass is 10.1. The molecule has 0 aliphatic heterocycles. The van der Waals surface area contributed by atoms with Crippen LogP contribution >= 0.6 is 23.1 Å². The predicted octanol–water partition coefficient (Wildman–Crippen LogP) is 4.70. The van der Waals surface area contributed by atoms with Gasteiger partial charge in [-0.15, -0.1) is 10.2 Å². The van der Waals surface area contributed by atoms with Gasteiger partial charge in [0.05, 0.1) is 0 Å². The van der Waals surface area contributed by atoms with Gasteiger partial charge < -0.3 is 4.74 Å². The Kier molecular flexibility index (Phi) is 7.25. The Labute approximate surface area is 157 Å². The molecule has 7 heteroatoms. The number of rotatable bonds is 8. The Morgan fingerprint density at radius 3 is 2.76 bits per heavy atom. The van der Waals surface area contributed by atoms with Gasteiger partial charge in [0, 0.05) is 5.75 Å². The SMILES string of the molecule is CC[C@@H](Oc1cc(C)ccc1C)C(=O)Nc1nnc(SCC(C)C)s1. The highest BCUT2D eigenvalue weighted by molar-refractivity contribution is 8.01. The average molecular weight is 380 g/mol. The molecular weight excluding hydrogens is 354 g/mol. The number of nitrogens with zero attached hydrogens (tertiary/aromatic N) is 2. The van der Waals surface area contributed by atoms with Crippen molar-refractivity contribution in [3.8, 4) is 5.75 Å². The lowest BCUT2D eigenvalue weighted by Crippen LogP contribution is -2.32. The molecule has 2 aromatic rings. The number of ether oxygens (including phenoxy) is 1. The van der Waals surface area contributed by atoms with E-state index in [4.69, 9.17) is 4.74 Å². The third-order valence-electron chi connectivity index (χ3n) is 3.45. The van der Waals surface area contributed by atoms with Crippen LogP contribution in [0, 0.1) is 19.8 Å². The number of amides is 1. The van der Waals surface area contributed by atoms with E-state index in [9.17, 15) is 4.79 Å². The molecule has 1 atom stereocenters. The van der Waals surface area contributed by atoms with Crippen molar-refractivity contribution >= 4 is 34.1 Å². The van der Waals surface area contributed by atoms with Gasteiger partial charge in [-0.05, 0) is 43.4 Å². The van der Waals surface area contributed by atoms with E-state index in [-0.39, 0.29) is 5.91 Å². The zero-order chi connectivity index (χ0) is 18.4. The van der Waals surface area contributed by atoms with Crippen LogP contribution in [-0.2, 0) is 4.79 Å². The number of carbonyl (C=O) groups is 1. The highest BCUT2D eigenvalue weighted by atomic mass is 32.2. The van der Waals surface area contributed by atoms with Gasteiger partial charge in [0.25, 0.3) is 5.91 Å². The monoisotopic (exact) mass is 379 g/mol. The molecule has 136 valence electrons. The Morgan fingerprint density at radius 1 is 1.32 bits per heavy atom. The summed E-state index contributed by atoms with van der Waals surface area (Å²) in [6.07, 6.45) is 0.0173. The Morgan fingerprint density at radius 2 is 2.08 bits per heavy atom. The molecular formula is C18H25N3O2S2. The summed E-state index contributed by atoms with van der Waals surface area (Å²) in [5.41, 5.74) is 2.12. The van der Waals surface area contributed by atoms with Crippen LogP contribution in [0.3, 0.4) is 0 Å². The minimum atomic E-state index is -0.559. The Balaban J connectivity index is 1.99. The van der Waals surface area contributed by atoms with Crippen LogP contribution in [0.1, 0.15) is 38.3 Å². The molecule has 0 spiro atoms. The second kappa shape index (κ2) is 9.20. The second-order valence-electron chi connectivity index (χ2n) is 6.35. The Hall–Kier alpha value is -1.60. The zero-order valence-corrected chi connectivity index (χ0v) is 17.0. The van der Waals surface area contributed by atoms with Crippen LogP contribution in [0.5, 0.6) is 5.75 Å². The van der Waals surface area contributed by atoms with Crippen molar-refractivity contribution in [2.75, 3.05) is 11.1 Å². The molecule has 1 aromatic carbocycles. The standard InChI is InChI=1S/C18H25N3O2S2/c1-6-14(23-15-9-12(4)7-8-13(15)5)16(22)19-17-20-21-18(25-17)24-10-11(2)3/h7-9,11,14H,6,10H2,1-5H3,(H,19,20,22)/t14-/m1/s1. The molecule has 0 saturated carbocycles. The number of anilines is 1. The highest BCUT2D eigenvalue weighted by Crippen LogP contribution is 2.27. The number of thioether (sulfide) groups is 1. The highest BCUT2D eigenvalue weighted by Gasteiger charge is 2.21. The summed E-state index contributed by atoms with van der Waals surface area (Å²) in [4.78, 5) is 12.5. The van der Waals surface area contributed by atoms with E-state index in [1.807, 2.05) is 39.0 Å². The fourth-order valence-electron chi connectivity index (χ4n) is 2.05. The summed E-state index contributed by atoms with van der Waals surface area (Å²) in [5, 5.41) is 11.5. The molecule has 0 unspecified atom stereocenters. The van der Waals surface area contributed by atoms with E-state index < -0.39 is 6.10 Å². The van der Waals surface area contributed by atoms with E-state index in [0.717, 1.165) is 27.0 Å². The summed E-state index contributed by atoms with van der Waals surface area (Å²) in [7, 11) is 0. The van der Waals surface area contributed by atoms with Crippen LogP contribution in [0.2, 0.25) is 0 Å². The van der Waals surface area contributed by atoms with Crippen LogP contribution in [0.15, 0.2) is 22.5 Å². The quantitative estimate of drug-likeness (QED) is 0.532. The van der Waals surface area contributed by atoms with E-state index in [2.05, 4.69) is 29.4 Å². The third-order valence-corrected chi connectivity index (χ3v) is 5.85. The van der Waals surface area contributed by atoms with Gasteiger partial charge in [0.1, 0.15) is 5.75 Å². The van der Waals surface area contributed by atoms with Gasteiger partial charge in [-0.25, -0.2) is 0 Å². The number of hydrogen-bond donors (Lipinski definition) is 1. The molecule has 25 heavy (non-hydrogen) atoms. The number of aromatic nitrogens is 2. The first-order valence-corrected chi connectivity index (χ1v) is 10.2. The Bertz CT molecular complexity index is 716. The van der Waals surface area contributed by atoms with Gasteiger partial charge in [0.2, 0.25) is 5.13 Å². The first-order valence-electron chi connectivity index (χ1n) is 8.40. The average Bonchev–Trinajstić information content (AvgIpc) is 3.01. The largest absolute Gasteiger partial charge is 0.480 e. The normalized spacial score (nSPS) is 12.2. The maximum Gasteiger partial charge on any atom is 0.267 e. The van der Waals surface area contributed by atoms with Crippen molar-refractivity contribution < 1.29 is 9.53 Å². The molecule has 1 amide bonds. The third kappa shape index (κ3) is 6.01. The summed E-state index contributed by atoms with van der Waals surface area (Å²) in [6.45, 7) is 10.2. The summed E-state index contributed by atoms with van der Waals surface area (Å²) in [6, 6.07) is 5.98. The molecule has 1 aromatic heterocycles. The molecule has 1 N–H and O–H groups in total. The van der Waals surface area contributed by atoms with Gasteiger partial charge in [0.15, 0.2) is 10.4 Å². The van der Waals surface area contributed by atoms with Crippen molar-refractivity contribution in [2.24, 2.45) is 5.92 Å². The molecule has 1 heterocycles. The lowest BCUT2D eigenvalue weighted by molar-refractivity contribution is -0.122. The minimum Gasteiger partial charge on any atom is -0.480 e. The molecule has 0 aliphatic carbocycles. The number of aryl methyl sites for hydroxylation is 2. The molecule has 2 rings (SSSR count). The lowest BCUT2D eigenvalue weighted by Gasteiger charge is -2.18. The van der Waals surface area contributed by atoms with Gasteiger partial charge in [-0.3, -0.25) is 10.1 Å². The van der Waals surface area contributed by atoms with Crippen LogP contribution in [0.4, 0.5) is 5.13 Å². The van der Waals surface area contributed by atoms with Crippen molar-refractivity contribution in [2.45, 2.75) is 51.5 Å². The first kappa shape index (κ1) is 19.7. The minimum absolute atomic E-state index is 0.194. The van der Waals surface area contributed by atoms with Crippen LogP contribution in [-0.4, -0.2) is 28.0 Å². The fraction of sp³-hybridized carbons (Fsp3) is 0.500. The van der Waals surface area contributed by atoms with Crippen LogP contribution in [0.25, 0.3) is 0 Å². The van der Waals surface area contributed by atoms with Crippen LogP contribution < -0.4 is 10.1 Å². The molecule has 0 aliphatic rings. The molecule has 0 radical (unpaired) electrons. The number of nitrogens with one attached hydrogen (secondary N) is 1. The van der Waals surface area contributed by atoms with Crippen molar-refractivity contribution in [3.05, 3.63) is 29.3 Å². The topological polar surface area (TPSA) is 64.1 Å². The van der Waals surface area contributed by atoms with Gasteiger partial charge in [-0.1, -0.05) is 56.0 Å². The van der Waals surface area contributed by atoms with E-state index >= 15 is 0 Å². The molecule has 5 nitrogen and oxygen atoms in total. The number of carbonyl (C=O) groups excluding carboxylic acids is 1.